The fourth-order valence-corrected chi connectivity index (χ4v) is 2.93. The summed E-state index contributed by atoms with van der Waals surface area (Å²) in [4.78, 5) is 0. The molecule has 0 bridgehead atoms. The second-order valence-electron chi connectivity index (χ2n) is 4.31. The molecule has 5 heteroatoms. The van der Waals surface area contributed by atoms with E-state index in [0.29, 0.717) is 12.1 Å². The standard InChI is InChI=1S/C12H22BrN3S/c1-5-14-11(6-7-17-4)12-10(13)8-15-16(12)9(2)3/h8-9,11,14H,5-7H2,1-4H3. The van der Waals surface area contributed by atoms with Crippen molar-refractivity contribution in [1.29, 1.82) is 0 Å². The van der Waals surface area contributed by atoms with Crippen LogP contribution in [0, 0.1) is 0 Å². The Balaban J connectivity index is 2.94. The molecule has 0 aliphatic heterocycles. The predicted octanol–water partition coefficient (Wildman–Crippen LogP) is 3.63. The van der Waals surface area contributed by atoms with Gasteiger partial charge in [-0.05, 0) is 54.8 Å². The van der Waals surface area contributed by atoms with Crippen molar-refractivity contribution in [2.75, 3.05) is 18.6 Å². The molecule has 1 unspecified atom stereocenters. The summed E-state index contributed by atoms with van der Waals surface area (Å²) < 4.78 is 3.22. The Bertz CT molecular complexity index is 338. The number of hydrogen-bond donors (Lipinski definition) is 1. The molecule has 1 N–H and O–H groups in total. The molecule has 0 saturated carbocycles. The quantitative estimate of drug-likeness (QED) is 0.832. The molecule has 0 radical (unpaired) electrons. The van der Waals surface area contributed by atoms with Crippen LogP contribution in [0.4, 0.5) is 0 Å². The maximum Gasteiger partial charge on any atom is 0.0699 e. The first-order valence-corrected chi connectivity index (χ1v) is 8.25. The zero-order chi connectivity index (χ0) is 12.8. The molecule has 0 fully saturated rings. The van der Waals surface area contributed by atoms with Crippen molar-refractivity contribution < 1.29 is 0 Å². The highest BCUT2D eigenvalue weighted by Crippen LogP contribution is 2.28. The highest BCUT2D eigenvalue weighted by Gasteiger charge is 2.20. The van der Waals surface area contributed by atoms with Gasteiger partial charge in [-0.3, -0.25) is 4.68 Å². The highest BCUT2D eigenvalue weighted by molar-refractivity contribution is 9.10. The maximum absolute atomic E-state index is 4.45. The molecule has 1 heterocycles. The van der Waals surface area contributed by atoms with E-state index in [1.54, 1.807) is 0 Å². The molecular formula is C12H22BrN3S. The first kappa shape index (κ1) is 15.1. The Hall–Kier alpha value is 0. The van der Waals surface area contributed by atoms with Crippen LogP contribution in [0.15, 0.2) is 10.7 Å². The van der Waals surface area contributed by atoms with Gasteiger partial charge in [0.25, 0.3) is 0 Å². The summed E-state index contributed by atoms with van der Waals surface area (Å²) in [5, 5.41) is 8.00. The lowest BCUT2D eigenvalue weighted by atomic mass is 10.1. The Kier molecular flexibility index (Phi) is 6.59. The molecule has 0 aliphatic carbocycles. The Morgan fingerprint density at radius 1 is 1.53 bits per heavy atom. The minimum atomic E-state index is 0.381. The van der Waals surface area contributed by atoms with E-state index in [4.69, 9.17) is 0 Å². The van der Waals surface area contributed by atoms with Gasteiger partial charge in [-0.25, -0.2) is 0 Å². The van der Waals surface area contributed by atoms with Crippen LogP contribution in [0.1, 0.15) is 45.0 Å². The SMILES string of the molecule is CCNC(CCSC)c1c(Br)cnn1C(C)C. The van der Waals surface area contributed by atoms with Gasteiger partial charge in [0, 0.05) is 6.04 Å². The van der Waals surface area contributed by atoms with Crippen LogP contribution in [0.5, 0.6) is 0 Å². The van der Waals surface area contributed by atoms with Gasteiger partial charge in [0.05, 0.1) is 22.4 Å². The third-order valence-electron chi connectivity index (χ3n) is 2.67. The first-order chi connectivity index (χ1) is 8.11. The minimum Gasteiger partial charge on any atom is -0.309 e. The topological polar surface area (TPSA) is 29.9 Å². The summed E-state index contributed by atoms with van der Waals surface area (Å²) in [6, 6.07) is 0.776. The van der Waals surface area contributed by atoms with Crippen LogP contribution in [0.2, 0.25) is 0 Å². The molecule has 0 spiro atoms. The summed E-state index contributed by atoms with van der Waals surface area (Å²) in [7, 11) is 0. The zero-order valence-corrected chi connectivity index (χ0v) is 13.4. The van der Waals surface area contributed by atoms with Gasteiger partial charge >= 0.3 is 0 Å². The molecule has 0 saturated heterocycles. The van der Waals surface area contributed by atoms with Crippen molar-refractivity contribution in [3.05, 3.63) is 16.4 Å². The lowest BCUT2D eigenvalue weighted by Crippen LogP contribution is -2.25. The van der Waals surface area contributed by atoms with E-state index in [0.717, 1.165) is 23.2 Å². The van der Waals surface area contributed by atoms with Gasteiger partial charge in [-0.15, -0.1) is 0 Å². The van der Waals surface area contributed by atoms with Crippen LogP contribution in [-0.2, 0) is 0 Å². The second-order valence-corrected chi connectivity index (χ2v) is 6.15. The molecule has 0 aromatic carbocycles. The molecule has 1 rings (SSSR count). The fraction of sp³-hybridized carbons (Fsp3) is 0.750. The minimum absolute atomic E-state index is 0.381. The summed E-state index contributed by atoms with van der Waals surface area (Å²) >= 11 is 5.51. The van der Waals surface area contributed by atoms with E-state index in [9.17, 15) is 0 Å². The largest absolute Gasteiger partial charge is 0.309 e. The predicted molar refractivity (Wildman–Crippen MR) is 79.7 cm³/mol. The number of nitrogens with one attached hydrogen (secondary N) is 1. The average molecular weight is 320 g/mol. The van der Waals surface area contributed by atoms with Gasteiger partial charge in [-0.2, -0.15) is 16.9 Å². The first-order valence-electron chi connectivity index (χ1n) is 6.07. The third-order valence-corrected chi connectivity index (χ3v) is 3.92. The number of halogens is 1. The maximum atomic E-state index is 4.45. The van der Waals surface area contributed by atoms with Crippen LogP contribution < -0.4 is 5.32 Å². The van der Waals surface area contributed by atoms with Gasteiger partial charge in [0.1, 0.15) is 0 Å². The monoisotopic (exact) mass is 319 g/mol. The van der Waals surface area contributed by atoms with Crippen LogP contribution in [0.3, 0.4) is 0 Å². The van der Waals surface area contributed by atoms with Gasteiger partial charge in [0.15, 0.2) is 0 Å². The van der Waals surface area contributed by atoms with Crippen molar-refractivity contribution in [3.8, 4) is 0 Å². The number of hydrogen-bond acceptors (Lipinski definition) is 3. The van der Waals surface area contributed by atoms with E-state index in [2.05, 4.69) is 58.1 Å². The van der Waals surface area contributed by atoms with Crippen molar-refractivity contribution in [2.45, 2.75) is 39.3 Å². The van der Waals surface area contributed by atoms with Crippen molar-refractivity contribution in [1.82, 2.24) is 15.1 Å². The molecule has 98 valence electrons. The molecule has 1 aromatic rings. The zero-order valence-electron chi connectivity index (χ0n) is 11.0. The fourth-order valence-electron chi connectivity index (χ4n) is 1.91. The highest BCUT2D eigenvalue weighted by atomic mass is 79.9. The van der Waals surface area contributed by atoms with Gasteiger partial charge in [-0.1, -0.05) is 6.92 Å². The molecular weight excluding hydrogens is 298 g/mol. The van der Waals surface area contributed by atoms with Gasteiger partial charge in [0.2, 0.25) is 0 Å². The Labute approximate surface area is 117 Å². The second kappa shape index (κ2) is 7.44. The van der Waals surface area contributed by atoms with Crippen LogP contribution >= 0.6 is 27.7 Å². The van der Waals surface area contributed by atoms with Crippen LogP contribution in [0.25, 0.3) is 0 Å². The number of aromatic nitrogens is 2. The normalized spacial score (nSPS) is 13.3. The third kappa shape index (κ3) is 4.00. The number of nitrogens with zero attached hydrogens (tertiary/aromatic N) is 2. The van der Waals surface area contributed by atoms with E-state index >= 15 is 0 Å². The molecule has 1 atom stereocenters. The molecule has 0 amide bonds. The summed E-state index contributed by atoms with van der Waals surface area (Å²) in [5.41, 5.74) is 1.27. The summed E-state index contributed by atoms with van der Waals surface area (Å²) in [6.45, 7) is 7.46. The lowest BCUT2D eigenvalue weighted by Gasteiger charge is -2.21. The van der Waals surface area contributed by atoms with Crippen LogP contribution in [-0.4, -0.2) is 28.3 Å². The molecule has 3 nitrogen and oxygen atoms in total. The van der Waals surface area contributed by atoms with E-state index in [1.807, 2.05) is 18.0 Å². The summed E-state index contributed by atoms with van der Waals surface area (Å²) in [5.74, 6) is 1.16. The number of rotatable bonds is 7. The lowest BCUT2D eigenvalue weighted by molar-refractivity contribution is 0.443. The van der Waals surface area contributed by atoms with Gasteiger partial charge < -0.3 is 5.32 Å². The van der Waals surface area contributed by atoms with Crippen molar-refractivity contribution in [2.24, 2.45) is 0 Å². The molecule has 0 aliphatic rings. The smallest absolute Gasteiger partial charge is 0.0699 e. The number of thioether (sulfide) groups is 1. The van der Waals surface area contributed by atoms with Crippen molar-refractivity contribution in [3.63, 3.8) is 0 Å². The van der Waals surface area contributed by atoms with Crippen molar-refractivity contribution >= 4 is 27.7 Å². The van der Waals surface area contributed by atoms with E-state index in [1.165, 1.54) is 5.69 Å². The summed E-state index contributed by atoms with van der Waals surface area (Å²) in [6.07, 6.45) is 5.18. The Morgan fingerprint density at radius 2 is 2.24 bits per heavy atom. The Morgan fingerprint density at radius 3 is 2.76 bits per heavy atom. The van der Waals surface area contributed by atoms with E-state index < -0.39 is 0 Å². The molecule has 1 aromatic heterocycles. The average Bonchev–Trinajstić information content (AvgIpc) is 2.66. The molecule has 17 heavy (non-hydrogen) atoms. The van der Waals surface area contributed by atoms with E-state index in [-0.39, 0.29) is 0 Å².